The Morgan fingerprint density at radius 3 is 2.88 bits per heavy atom. The highest BCUT2D eigenvalue weighted by molar-refractivity contribution is 5.38. The van der Waals surface area contributed by atoms with Crippen molar-refractivity contribution in [2.45, 2.75) is 20.3 Å². The van der Waals surface area contributed by atoms with E-state index in [0.29, 0.717) is 5.92 Å². The number of hydrogen-bond acceptors (Lipinski definition) is 4. The Balaban J connectivity index is 2.04. The van der Waals surface area contributed by atoms with Crippen molar-refractivity contribution in [3.05, 3.63) is 17.6 Å². The molecule has 1 aromatic rings. The maximum absolute atomic E-state index is 5.38. The first-order chi connectivity index (χ1) is 7.65. The van der Waals surface area contributed by atoms with Crippen molar-refractivity contribution in [3.63, 3.8) is 0 Å². The van der Waals surface area contributed by atoms with Crippen LogP contribution in [0.4, 0.5) is 5.82 Å². The molecule has 0 saturated carbocycles. The molecule has 4 nitrogen and oxygen atoms in total. The van der Waals surface area contributed by atoms with E-state index in [-0.39, 0.29) is 0 Å². The third kappa shape index (κ3) is 2.70. The highest BCUT2D eigenvalue weighted by Crippen LogP contribution is 2.17. The Hall–Kier alpha value is -1.16. The standard InChI is InChI=1S/C12H19N3O/c1-9-6-12(14-10(2)13-9)15(3)7-11-4-5-16-8-11/h6,11H,4-5,7-8H2,1-3H3. The van der Waals surface area contributed by atoms with Crippen LogP contribution in [0.1, 0.15) is 17.9 Å². The lowest BCUT2D eigenvalue weighted by atomic mass is 10.1. The fourth-order valence-corrected chi connectivity index (χ4v) is 2.10. The molecule has 2 heterocycles. The van der Waals surface area contributed by atoms with Gasteiger partial charge in [-0.2, -0.15) is 0 Å². The van der Waals surface area contributed by atoms with Crippen LogP contribution in [0.25, 0.3) is 0 Å². The van der Waals surface area contributed by atoms with Crippen molar-refractivity contribution in [1.29, 1.82) is 0 Å². The molecule has 0 aliphatic carbocycles. The van der Waals surface area contributed by atoms with Gasteiger partial charge in [0.2, 0.25) is 0 Å². The van der Waals surface area contributed by atoms with Crippen molar-refractivity contribution in [1.82, 2.24) is 9.97 Å². The lowest BCUT2D eigenvalue weighted by Gasteiger charge is -2.21. The van der Waals surface area contributed by atoms with E-state index in [1.807, 2.05) is 19.9 Å². The first kappa shape index (κ1) is 11.3. The zero-order valence-electron chi connectivity index (χ0n) is 10.2. The molecule has 0 radical (unpaired) electrons. The summed E-state index contributed by atoms with van der Waals surface area (Å²) in [5.74, 6) is 2.49. The fraction of sp³-hybridized carbons (Fsp3) is 0.667. The smallest absolute Gasteiger partial charge is 0.132 e. The summed E-state index contributed by atoms with van der Waals surface area (Å²) in [5.41, 5.74) is 1.03. The molecular weight excluding hydrogens is 202 g/mol. The van der Waals surface area contributed by atoms with Gasteiger partial charge in [-0.1, -0.05) is 0 Å². The second-order valence-electron chi connectivity index (χ2n) is 4.52. The highest BCUT2D eigenvalue weighted by Gasteiger charge is 2.18. The normalized spacial score (nSPS) is 20.1. The molecule has 0 aromatic carbocycles. The lowest BCUT2D eigenvalue weighted by Crippen LogP contribution is -2.26. The van der Waals surface area contributed by atoms with Gasteiger partial charge in [-0.3, -0.25) is 0 Å². The number of nitrogens with zero attached hydrogens (tertiary/aromatic N) is 3. The summed E-state index contributed by atoms with van der Waals surface area (Å²) >= 11 is 0. The number of aryl methyl sites for hydroxylation is 2. The number of ether oxygens (including phenoxy) is 1. The maximum atomic E-state index is 5.38. The van der Waals surface area contributed by atoms with Crippen molar-refractivity contribution >= 4 is 5.82 Å². The molecule has 1 fully saturated rings. The molecule has 1 atom stereocenters. The quantitative estimate of drug-likeness (QED) is 0.776. The van der Waals surface area contributed by atoms with Gasteiger partial charge in [0.15, 0.2) is 0 Å². The molecule has 88 valence electrons. The van der Waals surface area contributed by atoms with Gasteiger partial charge < -0.3 is 9.64 Å². The number of rotatable bonds is 3. The molecular formula is C12H19N3O. The van der Waals surface area contributed by atoms with Crippen LogP contribution in [0, 0.1) is 19.8 Å². The van der Waals surface area contributed by atoms with E-state index in [4.69, 9.17) is 4.74 Å². The van der Waals surface area contributed by atoms with E-state index in [1.54, 1.807) is 0 Å². The molecule has 0 spiro atoms. The van der Waals surface area contributed by atoms with Crippen molar-refractivity contribution in [2.24, 2.45) is 5.92 Å². The molecule has 4 heteroatoms. The molecule has 16 heavy (non-hydrogen) atoms. The van der Waals surface area contributed by atoms with Crippen LogP contribution >= 0.6 is 0 Å². The van der Waals surface area contributed by atoms with Crippen LogP contribution in [0.15, 0.2) is 6.07 Å². The molecule has 1 unspecified atom stereocenters. The van der Waals surface area contributed by atoms with Crippen molar-refractivity contribution in [2.75, 3.05) is 31.7 Å². The van der Waals surface area contributed by atoms with Gasteiger partial charge in [0.05, 0.1) is 6.61 Å². The van der Waals surface area contributed by atoms with Crippen LogP contribution < -0.4 is 4.90 Å². The molecule has 1 aliphatic heterocycles. The Kier molecular flexibility index (Phi) is 3.39. The van der Waals surface area contributed by atoms with Crippen LogP contribution in [-0.2, 0) is 4.74 Å². The second-order valence-corrected chi connectivity index (χ2v) is 4.52. The number of aromatic nitrogens is 2. The van der Waals surface area contributed by atoms with E-state index in [9.17, 15) is 0 Å². The van der Waals surface area contributed by atoms with E-state index in [0.717, 1.165) is 43.5 Å². The zero-order valence-corrected chi connectivity index (χ0v) is 10.2. The van der Waals surface area contributed by atoms with Gasteiger partial charge in [0.25, 0.3) is 0 Å². The average Bonchev–Trinajstić information content (AvgIpc) is 2.68. The third-order valence-electron chi connectivity index (χ3n) is 2.90. The maximum Gasteiger partial charge on any atom is 0.132 e. The van der Waals surface area contributed by atoms with Gasteiger partial charge in [-0.05, 0) is 20.3 Å². The van der Waals surface area contributed by atoms with E-state index in [2.05, 4.69) is 21.9 Å². The first-order valence-corrected chi connectivity index (χ1v) is 5.76. The lowest BCUT2D eigenvalue weighted by molar-refractivity contribution is 0.186. The van der Waals surface area contributed by atoms with Crippen LogP contribution in [-0.4, -0.2) is 36.8 Å². The Labute approximate surface area is 96.7 Å². The predicted molar refractivity (Wildman–Crippen MR) is 63.7 cm³/mol. The Morgan fingerprint density at radius 1 is 1.44 bits per heavy atom. The Bertz CT molecular complexity index is 341. The summed E-state index contributed by atoms with van der Waals surface area (Å²) in [4.78, 5) is 10.9. The summed E-state index contributed by atoms with van der Waals surface area (Å²) in [6.45, 7) is 6.73. The average molecular weight is 221 g/mol. The van der Waals surface area contributed by atoms with Gasteiger partial charge in [-0.15, -0.1) is 0 Å². The monoisotopic (exact) mass is 221 g/mol. The van der Waals surface area contributed by atoms with Crippen LogP contribution in [0.3, 0.4) is 0 Å². The summed E-state index contributed by atoms with van der Waals surface area (Å²) in [6, 6.07) is 2.03. The molecule has 0 N–H and O–H groups in total. The van der Waals surface area contributed by atoms with Crippen molar-refractivity contribution in [3.8, 4) is 0 Å². The third-order valence-corrected chi connectivity index (χ3v) is 2.90. The predicted octanol–water partition coefficient (Wildman–Crippen LogP) is 1.57. The van der Waals surface area contributed by atoms with Crippen LogP contribution in [0.5, 0.6) is 0 Å². The van der Waals surface area contributed by atoms with Crippen molar-refractivity contribution < 1.29 is 4.74 Å². The molecule has 1 saturated heterocycles. The largest absolute Gasteiger partial charge is 0.381 e. The fourth-order valence-electron chi connectivity index (χ4n) is 2.10. The second kappa shape index (κ2) is 4.78. The molecule has 1 aromatic heterocycles. The first-order valence-electron chi connectivity index (χ1n) is 5.76. The van der Waals surface area contributed by atoms with E-state index in [1.165, 1.54) is 0 Å². The summed E-state index contributed by atoms with van der Waals surface area (Å²) in [7, 11) is 2.08. The van der Waals surface area contributed by atoms with E-state index < -0.39 is 0 Å². The Morgan fingerprint density at radius 2 is 2.25 bits per heavy atom. The SMILES string of the molecule is Cc1cc(N(C)CC2CCOC2)nc(C)n1. The zero-order chi connectivity index (χ0) is 11.5. The van der Waals surface area contributed by atoms with E-state index >= 15 is 0 Å². The van der Waals surface area contributed by atoms with Gasteiger partial charge in [0.1, 0.15) is 11.6 Å². The molecule has 2 rings (SSSR count). The molecule has 0 bridgehead atoms. The number of hydrogen-bond donors (Lipinski definition) is 0. The summed E-state index contributed by atoms with van der Waals surface area (Å²) < 4.78 is 5.38. The topological polar surface area (TPSA) is 38.2 Å². The van der Waals surface area contributed by atoms with Gasteiger partial charge >= 0.3 is 0 Å². The molecule has 1 aliphatic rings. The molecule has 0 amide bonds. The minimum atomic E-state index is 0.639. The minimum absolute atomic E-state index is 0.639. The minimum Gasteiger partial charge on any atom is -0.381 e. The highest BCUT2D eigenvalue weighted by atomic mass is 16.5. The summed E-state index contributed by atoms with van der Waals surface area (Å²) in [5, 5.41) is 0. The summed E-state index contributed by atoms with van der Waals surface area (Å²) in [6.07, 6.45) is 1.16. The van der Waals surface area contributed by atoms with Gasteiger partial charge in [-0.25, -0.2) is 9.97 Å². The van der Waals surface area contributed by atoms with Gasteiger partial charge in [0, 0.05) is 37.9 Å². The number of anilines is 1. The van der Waals surface area contributed by atoms with Crippen LogP contribution in [0.2, 0.25) is 0 Å².